The Hall–Kier alpha value is -1.60. The first kappa shape index (κ1) is 19.2. The van der Waals surface area contributed by atoms with Crippen molar-refractivity contribution in [2.45, 2.75) is 39.0 Å². The van der Waals surface area contributed by atoms with Gasteiger partial charge in [-0.2, -0.15) is 0 Å². The van der Waals surface area contributed by atoms with E-state index in [1.807, 2.05) is 12.1 Å². The molecule has 1 aromatic rings. The summed E-state index contributed by atoms with van der Waals surface area (Å²) < 4.78 is 25.3. The number of rotatable bonds is 5. The molecule has 0 atom stereocenters. The van der Waals surface area contributed by atoms with Crippen molar-refractivity contribution in [1.82, 2.24) is 4.31 Å². The third kappa shape index (κ3) is 4.57. The molecule has 3 rings (SSSR count). The van der Waals surface area contributed by atoms with Crippen molar-refractivity contribution in [2.24, 2.45) is 5.92 Å². The van der Waals surface area contributed by atoms with E-state index in [4.69, 9.17) is 0 Å². The predicted molar refractivity (Wildman–Crippen MR) is 105 cm³/mol. The summed E-state index contributed by atoms with van der Waals surface area (Å²) in [6.07, 6.45) is 4.95. The van der Waals surface area contributed by atoms with E-state index < -0.39 is 10.0 Å². The summed E-state index contributed by atoms with van der Waals surface area (Å²) in [6.45, 7) is 4.72. The molecule has 2 saturated heterocycles. The summed E-state index contributed by atoms with van der Waals surface area (Å²) in [6, 6.07) is 8.05. The van der Waals surface area contributed by atoms with Crippen molar-refractivity contribution < 1.29 is 13.2 Å². The lowest BCUT2D eigenvalue weighted by Gasteiger charge is -2.30. The number of carbonyl (C=O) groups excluding carboxylic acids is 1. The molecule has 0 saturated carbocycles. The van der Waals surface area contributed by atoms with E-state index in [1.54, 1.807) is 6.92 Å². The molecule has 2 fully saturated rings. The molecule has 2 aliphatic heterocycles. The summed E-state index contributed by atoms with van der Waals surface area (Å²) in [5.41, 5.74) is 2.01. The van der Waals surface area contributed by atoms with E-state index >= 15 is 0 Å². The summed E-state index contributed by atoms with van der Waals surface area (Å²) >= 11 is 0. The minimum Gasteiger partial charge on any atom is -0.372 e. The van der Waals surface area contributed by atoms with Crippen molar-refractivity contribution in [3.8, 4) is 0 Å². The number of nitrogens with zero attached hydrogens (tertiary/aromatic N) is 2. The smallest absolute Gasteiger partial charge is 0.227 e. The normalized spacial score (nSPS) is 20.1. The monoisotopic (exact) mass is 379 g/mol. The van der Waals surface area contributed by atoms with Gasteiger partial charge >= 0.3 is 0 Å². The SMILES string of the molecule is CCS(=O)(=O)N1CCC(C(=O)Nc2ccc(N3CCCCC3)cc2)CC1. The largest absolute Gasteiger partial charge is 0.372 e. The fourth-order valence-electron chi connectivity index (χ4n) is 3.73. The fraction of sp³-hybridized carbons (Fsp3) is 0.632. The van der Waals surface area contributed by atoms with Crippen LogP contribution < -0.4 is 10.2 Å². The first-order valence-electron chi connectivity index (χ1n) is 9.63. The Kier molecular flexibility index (Phi) is 6.19. The number of anilines is 2. The first-order chi connectivity index (χ1) is 12.5. The van der Waals surface area contributed by atoms with Crippen LogP contribution in [0, 0.1) is 5.92 Å². The second-order valence-corrected chi connectivity index (χ2v) is 9.42. The van der Waals surface area contributed by atoms with Crippen LogP contribution in [0.15, 0.2) is 24.3 Å². The number of carbonyl (C=O) groups is 1. The van der Waals surface area contributed by atoms with Crippen molar-refractivity contribution in [2.75, 3.05) is 42.1 Å². The van der Waals surface area contributed by atoms with Gasteiger partial charge in [0.25, 0.3) is 0 Å². The molecule has 144 valence electrons. The van der Waals surface area contributed by atoms with Gasteiger partial charge in [0, 0.05) is 43.5 Å². The maximum absolute atomic E-state index is 12.5. The lowest BCUT2D eigenvalue weighted by molar-refractivity contribution is -0.120. The van der Waals surface area contributed by atoms with Crippen molar-refractivity contribution in [1.29, 1.82) is 0 Å². The van der Waals surface area contributed by atoms with Crippen LogP contribution in [-0.4, -0.2) is 50.6 Å². The van der Waals surface area contributed by atoms with Gasteiger partial charge in [0.15, 0.2) is 0 Å². The number of piperidine rings is 2. The van der Waals surface area contributed by atoms with Gasteiger partial charge in [-0.3, -0.25) is 4.79 Å². The highest BCUT2D eigenvalue weighted by atomic mass is 32.2. The van der Waals surface area contributed by atoms with Gasteiger partial charge in [0.05, 0.1) is 5.75 Å². The highest BCUT2D eigenvalue weighted by Gasteiger charge is 2.30. The molecular formula is C19H29N3O3S. The molecule has 0 bridgehead atoms. The number of benzene rings is 1. The molecule has 0 unspecified atom stereocenters. The Morgan fingerprint density at radius 2 is 1.65 bits per heavy atom. The van der Waals surface area contributed by atoms with Crippen LogP contribution in [0.25, 0.3) is 0 Å². The first-order valence-corrected chi connectivity index (χ1v) is 11.2. The molecule has 1 amide bonds. The van der Waals surface area contributed by atoms with E-state index in [-0.39, 0.29) is 17.6 Å². The molecule has 0 aliphatic carbocycles. The fourth-order valence-corrected chi connectivity index (χ4v) is 4.86. The quantitative estimate of drug-likeness (QED) is 0.854. The number of nitrogens with one attached hydrogen (secondary N) is 1. The summed E-state index contributed by atoms with van der Waals surface area (Å²) in [4.78, 5) is 14.9. The van der Waals surface area contributed by atoms with Crippen LogP contribution in [0.4, 0.5) is 11.4 Å². The summed E-state index contributed by atoms with van der Waals surface area (Å²) in [5.74, 6) is -0.0166. The average Bonchev–Trinajstić information content (AvgIpc) is 2.69. The molecule has 1 aromatic carbocycles. The number of hydrogen-bond donors (Lipinski definition) is 1. The standard InChI is InChI=1S/C19H29N3O3S/c1-2-26(24,25)22-14-10-16(11-15-22)19(23)20-17-6-8-18(9-7-17)21-12-4-3-5-13-21/h6-9,16H,2-5,10-15H2,1H3,(H,20,23). The Morgan fingerprint density at radius 3 is 2.23 bits per heavy atom. The maximum Gasteiger partial charge on any atom is 0.227 e. The van der Waals surface area contributed by atoms with Gasteiger partial charge in [-0.25, -0.2) is 12.7 Å². The zero-order chi connectivity index (χ0) is 18.6. The predicted octanol–water partition coefficient (Wildman–Crippen LogP) is 2.68. The molecule has 7 heteroatoms. The average molecular weight is 380 g/mol. The van der Waals surface area contributed by atoms with Gasteiger partial charge in [-0.05, 0) is 63.3 Å². The summed E-state index contributed by atoms with van der Waals surface area (Å²) in [5, 5.41) is 2.98. The van der Waals surface area contributed by atoms with Crippen LogP contribution in [-0.2, 0) is 14.8 Å². The number of hydrogen-bond acceptors (Lipinski definition) is 4. The molecule has 2 aliphatic rings. The second kappa shape index (κ2) is 8.39. The molecule has 0 aromatic heterocycles. The third-order valence-corrected chi connectivity index (χ3v) is 7.32. The van der Waals surface area contributed by atoms with Crippen molar-refractivity contribution in [3.05, 3.63) is 24.3 Å². The Morgan fingerprint density at radius 1 is 1.04 bits per heavy atom. The highest BCUT2D eigenvalue weighted by molar-refractivity contribution is 7.89. The lowest BCUT2D eigenvalue weighted by Crippen LogP contribution is -2.42. The topological polar surface area (TPSA) is 69.7 Å². The molecule has 2 heterocycles. The van der Waals surface area contributed by atoms with Gasteiger partial charge in [-0.1, -0.05) is 0 Å². The Labute approximate surface area is 156 Å². The molecule has 26 heavy (non-hydrogen) atoms. The van der Waals surface area contributed by atoms with Crippen LogP contribution in [0.3, 0.4) is 0 Å². The number of amides is 1. The van der Waals surface area contributed by atoms with E-state index in [2.05, 4.69) is 22.3 Å². The van der Waals surface area contributed by atoms with Crippen molar-refractivity contribution >= 4 is 27.3 Å². The molecule has 0 spiro atoms. The zero-order valence-corrected chi connectivity index (χ0v) is 16.3. The van der Waals surface area contributed by atoms with E-state index in [0.29, 0.717) is 25.9 Å². The van der Waals surface area contributed by atoms with Gasteiger partial charge in [0.1, 0.15) is 0 Å². The Balaban J connectivity index is 1.52. The number of sulfonamides is 1. The zero-order valence-electron chi connectivity index (χ0n) is 15.5. The van der Waals surface area contributed by atoms with Crippen molar-refractivity contribution in [3.63, 3.8) is 0 Å². The van der Waals surface area contributed by atoms with E-state index in [9.17, 15) is 13.2 Å². The van der Waals surface area contributed by atoms with E-state index in [0.717, 1.165) is 18.8 Å². The van der Waals surface area contributed by atoms with Crippen LogP contribution in [0.1, 0.15) is 39.0 Å². The van der Waals surface area contributed by atoms with Gasteiger partial charge in [-0.15, -0.1) is 0 Å². The minimum atomic E-state index is -3.15. The van der Waals surface area contributed by atoms with Crippen LogP contribution in [0.5, 0.6) is 0 Å². The third-order valence-electron chi connectivity index (χ3n) is 5.44. The minimum absolute atomic E-state index is 0.00994. The van der Waals surface area contributed by atoms with Gasteiger partial charge < -0.3 is 10.2 Å². The highest BCUT2D eigenvalue weighted by Crippen LogP contribution is 2.24. The molecule has 0 radical (unpaired) electrons. The summed E-state index contributed by atoms with van der Waals surface area (Å²) in [7, 11) is -3.15. The molecule has 6 nitrogen and oxygen atoms in total. The molecule has 1 N–H and O–H groups in total. The maximum atomic E-state index is 12.5. The van der Waals surface area contributed by atoms with E-state index in [1.165, 1.54) is 29.3 Å². The second-order valence-electron chi connectivity index (χ2n) is 7.16. The molecular weight excluding hydrogens is 350 g/mol. The lowest BCUT2D eigenvalue weighted by atomic mass is 9.97. The van der Waals surface area contributed by atoms with Crippen LogP contribution in [0.2, 0.25) is 0 Å². The Bertz CT molecular complexity index is 704. The van der Waals surface area contributed by atoms with Crippen LogP contribution >= 0.6 is 0 Å². The van der Waals surface area contributed by atoms with Gasteiger partial charge in [0.2, 0.25) is 15.9 Å².